The number of nitrogens with one attached hydrogen (secondary N) is 2. The zero-order valence-electron chi connectivity index (χ0n) is 20.3. The smallest absolute Gasteiger partial charge is 0.266 e. The zero-order chi connectivity index (χ0) is 25.9. The molecule has 0 bridgehead atoms. The van der Waals surface area contributed by atoms with Crippen molar-refractivity contribution in [3.63, 3.8) is 0 Å². The van der Waals surface area contributed by atoms with Gasteiger partial charge < -0.3 is 24.8 Å². The van der Waals surface area contributed by atoms with Gasteiger partial charge in [0.2, 0.25) is 0 Å². The van der Waals surface area contributed by atoms with E-state index >= 15 is 0 Å². The summed E-state index contributed by atoms with van der Waals surface area (Å²) in [5.74, 6) is 0.541. The Morgan fingerprint density at radius 1 is 0.972 bits per heavy atom. The molecular weight excluding hydrogens is 458 g/mol. The van der Waals surface area contributed by atoms with Crippen molar-refractivity contribution in [1.82, 2.24) is 0 Å². The van der Waals surface area contributed by atoms with Crippen LogP contribution in [-0.4, -0.2) is 32.1 Å². The molecule has 2 amide bonds. The highest BCUT2D eigenvalue weighted by atomic mass is 16.5. The second-order valence-electron chi connectivity index (χ2n) is 7.64. The number of amides is 2. The Kier molecular flexibility index (Phi) is 9.06. The molecule has 0 saturated heterocycles. The van der Waals surface area contributed by atoms with Crippen LogP contribution in [0.2, 0.25) is 0 Å². The lowest BCUT2D eigenvalue weighted by Gasteiger charge is -2.12. The van der Waals surface area contributed by atoms with Gasteiger partial charge in [-0.05, 0) is 73.5 Å². The number of hydrogen-bond acceptors (Lipinski definition) is 6. The molecule has 0 atom stereocenters. The Morgan fingerprint density at radius 3 is 2.39 bits per heavy atom. The third kappa shape index (κ3) is 7.11. The van der Waals surface area contributed by atoms with Crippen LogP contribution in [0, 0.1) is 18.3 Å². The number of carbonyl (C=O) groups excluding carboxylic acids is 2. The first-order chi connectivity index (χ1) is 17.4. The third-order valence-electron chi connectivity index (χ3n) is 5.06. The summed E-state index contributed by atoms with van der Waals surface area (Å²) in [5.41, 5.74) is 2.67. The van der Waals surface area contributed by atoms with Crippen molar-refractivity contribution < 1.29 is 23.8 Å². The molecule has 0 heterocycles. The van der Waals surface area contributed by atoms with E-state index in [0.717, 1.165) is 5.56 Å². The summed E-state index contributed by atoms with van der Waals surface area (Å²) in [5, 5.41) is 15.0. The van der Waals surface area contributed by atoms with Crippen LogP contribution in [0.15, 0.2) is 72.3 Å². The number of carbonyl (C=O) groups is 2. The van der Waals surface area contributed by atoms with Crippen molar-refractivity contribution in [2.45, 2.75) is 13.8 Å². The van der Waals surface area contributed by atoms with E-state index in [1.807, 2.05) is 44.2 Å². The molecule has 3 aromatic rings. The van der Waals surface area contributed by atoms with Gasteiger partial charge >= 0.3 is 0 Å². The summed E-state index contributed by atoms with van der Waals surface area (Å²) >= 11 is 0. The number of methoxy groups -OCH3 is 1. The van der Waals surface area contributed by atoms with Crippen LogP contribution in [0.4, 0.5) is 11.4 Å². The fourth-order valence-electron chi connectivity index (χ4n) is 3.25. The number of ether oxygens (including phenoxy) is 3. The molecule has 0 fully saturated rings. The second kappa shape index (κ2) is 12.6. The molecule has 0 radical (unpaired) electrons. The van der Waals surface area contributed by atoms with Crippen LogP contribution in [0.5, 0.6) is 17.2 Å². The first-order valence-corrected chi connectivity index (χ1v) is 11.3. The fraction of sp³-hybridized carbons (Fsp3) is 0.179. The largest absolute Gasteiger partial charge is 0.494 e. The van der Waals surface area contributed by atoms with Crippen molar-refractivity contribution in [3.8, 4) is 23.3 Å². The molecule has 8 nitrogen and oxygen atoms in total. The molecular formula is C28H27N3O5. The van der Waals surface area contributed by atoms with Crippen molar-refractivity contribution in [2.24, 2.45) is 0 Å². The lowest BCUT2D eigenvalue weighted by atomic mass is 10.1. The predicted molar refractivity (Wildman–Crippen MR) is 138 cm³/mol. The van der Waals surface area contributed by atoms with Gasteiger partial charge in [-0.3, -0.25) is 9.59 Å². The topological polar surface area (TPSA) is 110 Å². The summed E-state index contributed by atoms with van der Waals surface area (Å²) in [7, 11) is 1.47. The second-order valence-corrected chi connectivity index (χ2v) is 7.64. The molecule has 0 aliphatic carbocycles. The van der Waals surface area contributed by atoms with E-state index in [4.69, 9.17) is 14.2 Å². The monoisotopic (exact) mass is 485 g/mol. The SMILES string of the molecule is CCOc1ccc(NC(=O)/C(C#N)=C/c2ccc(OCC(=O)Nc3ccccc3C)c(OC)c2)cc1. The lowest BCUT2D eigenvalue weighted by Crippen LogP contribution is -2.20. The van der Waals surface area contributed by atoms with E-state index in [0.29, 0.717) is 40.8 Å². The van der Waals surface area contributed by atoms with E-state index in [9.17, 15) is 14.9 Å². The van der Waals surface area contributed by atoms with E-state index in [-0.39, 0.29) is 18.1 Å². The van der Waals surface area contributed by atoms with Crippen LogP contribution in [0.3, 0.4) is 0 Å². The summed E-state index contributed by atoms with van der Waals surface area (Å²) in [4.78, 5) is 24.9. The summed E-state index contributed by atoms with van der Waals surface area (Å²) < 4.78 is 16.4. The molecule has 3 rings (SSSR count). The molecule has 3 aromatic carbocycles. The number of nitrogens with zero attached hydrogens (tertiary/aromatic N) is 1. The van der Waals surface area contributed by atoms with Gasteiger partial charge in [0.05, 0.1) is 13.7 Å². The molecule has 0 spiro atoms. The molecule has 0 aromatic heterocycles. The van der Waals surface area contributed by atoms with Crippen molar-refractivity contribution in [3.05, 3.63) is 83.4 Å². The Balaban J connectivity index is 1.66. The summed E-state index contributed by atoms with van der Waals surface area (Å²) in [6, 6.07) is 21.1. The molecule has 0 saturated carbocycles. The first-order valence-electron chi connectivity index (χ1n) is 11.3. The molecule has 36 heavy (non-hydrogen) atoms. The van der Waals surface area contributed by atoms with Gasteiger partial charge in [0.15, 0.2) is 18.1 Å². The maximum Gasteiger partial charge on any atom is 0.266 e. The van der Waals surface area contributed by atoms with Crippen LogP contribution in [-0.2, 0) is 9.59 Å². The fourth-order valence-corrected chi connectivity index (χ4v) is 3.25. The van der Waals surface area contributed by atoms with E-state index in [2.05, 4.69) is 10.6 Å². The van der Waals surface area contributed by atoms with Gasteiger partial charge in [0.25, 0.3) is 11.8 Å². The standard InChI is InChI=1S/C28H27N3O5/c1-4-35-23-12-10-22(11-13-23)30-28(33)21(17-29)15-20-9-14-25(26(16-20)34-3)36-18-27(32)31-24-8-6-5-7-19(24)2/h5-16H,4,18H2,1-3H3,(H,30,33)(H,31,32)/b21-15+. The van der Waals surface area contributed by atoms with Gasteiger partial charge in [-0.1, -0.05) is 24.3 Å². The van der Waals surface area contributed by atoms with Gasteiger partial charge in [-0.2, -0.15) is 5.26 Å². The third-order valence-corrected chi connectivity index (χ3v) is 5.06. The highest BCUT2D eigenvalue weighted by Gasteiger charge is 2.13. The van der Waals surface area contributed by atoms with Crippen molar-refractivity contribution >= 4 is 29.3 Å². The van der Waals surface area contributed by atoms with Gasteiger partial charge in [0, 0.05) is 11.4 Å². The summed E-state index contributed by atoms with van der Waals surface area (Å²) in [6.07, 6.45) is 1.45. The molecule has 0 aliphatic rings. The van der Waals surface area contributed by atoms with Crippen LogP contribution < -0.4 is 24.8 Å². The molecule has 8 heteroatoms. The number of rotatable bonds is 10. The number of nitriles is 1. The van der Waals surface area contributed by atoms with Crippen LogP contribution in [0.25, 0.3) is 6.08 Å². The van der Waals surface area contributed by atoms with E-state index in [1.54, 1.807) is 42.5 Å². The Morgan fingerprint density at radius 2 is 1.72 bits per heavy atom. The predicted octanol–water partition coefficient (Wildman–Crippen LogP) is 4.97. The van der Waals surface area contributed by atoms with Gasteiger partial charge in [-0.15, -0.1) is 0 Å². The van der Waals surface area contributed by atoms with Gasteiger partial charge in [0.1, 0.15) is 17.4 Å². The quantitative estimate of drug-likeness (QED) is 0.310. The highest BCUT2D eigenvalue weighted by Crippen LogP contribution is 2.29. The molecule has 184 valence electrons. The Hall–Kier alpha value is -4.77. The minimum absolute atomic E-state index is 0.0859. The first kappa shape index (κ1) is 25.8. The number of aryl methyl sites for hydroxylation is 1. The Labute approximate surface area is 210 Å². The molecule has 0 aliphatic heterocycles. The van der Waals surface area contributed by atoms with E-state index < -0.39 is 5.91 Å². The average molecular weight is 486 g/mol. The number of benzene rings is 3. The number of para-hydroxylation sites is 1. The van der Waals surface area contributed by atoms with Gasteiger partial charge in [-0.25, -0.2) is 0 Å². The summed E-state index contributed by atoms with van der Waals surface area (Å²) in [6.45, 7) is 4.12. The van der Waals surface area contributed by atoms with Crippen molar-refractivity contribution in [2.75, 3.05) is 31.0 Å². The molecule has 2 N–H and O–H groups in total. The number of hydrogen-bond donors (Lipinski definition) is 2. The normalized spacial score (nSPS) is 10.7. The number of anilines is 2. The lowest BCUT2D eigenvalue weighted by molar-refractivity contribution is -0.118. The van der Waals surface area contributed by atoms with E-state index in [1.165, 1.54) is 13.2 Å². The van der Waals surface area contributed by atoms with Crippen LogP contribution in [0.1, 0.15) is 18.1 Å². The Bertz CT molecular complexity index is 1290. The maximum absolute atomic E-state index is 12.6. The zero-order valence-corrected chi connectivity index (χ0v) is 20.3. The minimum atomic E-state index is -0.547. The maximum atomic E-state index is 12.6. The van der Waals surface area contributed by atoms with Crippen molar-refractivity contribution in [1.29, 1.82) is 5.26 Å². The highest BCUT2D eigenvalue weighted by molar-refractivity contribution is 6.09. The van der Waals surface area contributed by atoms with Crippen LogP contribution >= 0.6 is 0 Å². The molecule has 0 unspecified atom stereocenters. The average Bonchev–Trinajstić information content (AvgIpc) is 2.88. The minimum Gasteiger partial charge on any atom is -0.494 e.